The van der Waals surface area contributed by atoms with Crippen molar-refractivity contribution in [2.75, 3.05) is 0 Å². The molecule has 0 bridgehead atoms. The predicted molar refractivity (Wildman–Crippen MR) is 118 cm³/mol. The first-order chi connectivity index (χ1) is 15.1. The molecular weight excluding hydrogens is 416 g/mol. The van der Waals surface area contributed by atoms with Crippen LogP contribution in [0.3, 0.4) is 0 Å². The molecule has 0 atom stereocenters. The van der Waals surface area contributed by atoms with Crippen LogP contribution in [0.4, 0.5) is 0 Å². The molecule has 2 heterocycles. The van der Waals surface area contributed by atoms with Crippen LogP contribution in [0.15, 0.2) is 86.9 Å². The number of aromatic amines is 1. The van der Waals surface area contributed by atoms with E-state index < -0.39 is 5.69 Å². The standard InChI is InChI=1S/C23H15ClN4O3/c24-17-8-4-7-15(11-17)20-26-21(31-27-20)16-9-10-18-19(12-16)25-23(30)28(22(18)29)13-14-5-2-1-3-6-14/h1-12H,13H2,(H,25,30). The molecule has 0 amide bonds. The molecule has 2 aromatic heterocycles. The summed E-state index contributed by atoms with van der Waals surface area (Å²) < 4.78 is 6.56. The van der Waals surface area contributed by atoms with Crippen LogP contribution in [0.1, 0.15) is 5.56 Å². The lowest BCUT2D eigenvalue weighted by atomic mass is 10.1. The minimum absolute atomic E-state index is 0.194. The van der Waals surface area contributed by atoms with Gasteiger partial charge in [-0.05, 0) is 35.9 Å². The average Bonchev–Trinajstić information content (AvgIpc) is 3.27. The zero-order valence-electron chi connectivity index (χ0n) is 16.1. The molecule has 0 radical (unpaired) electrons. The molecule has 31 heavy (non-hydrogen) atoms. The number of benzene rings is 3. The second-order valence-corrected chi connectivity index (χ2v) is 7.44. The molecule has 3 aromatic carbocycles. The lowest BCUT2D eigenvalue weighted by Crippen LogP contribution is -2.35. The Bertz CT molecular complexity index is 1520. The molecule has 0 aliphatic carbocycles. The van der Waals surface area contributed by atoms with Gasteiger partial charge in [0, 0.05) is 16.1 Å². The summed E-state index contributed by atoms with van der Waals surface area (Å²) in [6.07, 6.45) is 0. The second kappa shape index (κ2) is 7.70. The maximum absolute atomic E-state index is 12.9. The molecule has 0 unspecified atom stereocenters. The Morgan fingerprint density at radius 3 is 2.58 bits per heavy atom. The number of fused-ring (bicyclic) bond motifs is 1. The minimum Gasteiger partial charge on any atom is -0.334 e. The van der Waals surface area contributed by atoms with E-state index in [4.69, 9.17) is 16.1 Å². The van der Waals surface area contributed by atoms with E-state index >= 15 is 0 Å². The second-order valence-electron chi connectivity index (χ2n) is 7.00. The topological polar surface area (TPSA) is 93.8 Å². The Hall–Kier alpha value is -3.97. The van der Waals surface area contributed by atoms with E-state index in [1.54, 1.807) is 36.4 Å². The van der Waals surface area contributed by atoms with E-state index in [0.717, 1.165) is 11.1 Å². The van der Waals surface area contributed by atoms with E-state index in [1.165, 1.54) is 4.57 Å². The smallest absolute Gasteiger partial charge is 0.329 e. The van der Waals surface area contributed by atoms with Gasteiger partial charge in [-0.25, -0.2) is 4.79 Å². The SMILES string of the molecule is O=c1[nH]c2cc(-c3nc(-c4cccc(Cl)c4)no3)ccc2c(=O)n1Cc1ccccc1. The quantitative estimate of drug-likeness (QED) is 0.463. The molecule has 0 aliphatic heterocycles. The molecule has 7 nitrogen and oxygen atoms in total. The fourth-order valence-electron chi connectivity index (χ4n) is 3.38. The van der Waals surface area contributed by atoms with Gasteiger partial charge in [0.1, 0.15) is 0 Å². The summed E-state index contributed by atoms with van der Waals surface area (Å²) in [5.41, 5.74) is 1.73. The first-order valence-electron chi connectivity index (χ1n) is 9.49. The maximum atomic E-state index is 12.9. The fourth-order valence-corrected chi connectivity index (χ4v) is 3.57. The van der Waals surface area contributed by atoms with Gasteiger partial charge in [0.05, 0.1) is 17.4 Å². The fraction of sp³-hybridized carbons (Fsp3) is 0.0435. The molecule has 0 saturated carbocycles. The Kier molecular flexibility index (Phi) is 4.72. The van der Waals surface area contributed by atoms with E-state index in [1.807, 2.05) is 36.4 Å². The lowest BCUT2D eigenvalue weighted by molar-refractivity contribution is 0.432. The van der Waals surface area contributed by atoms with Crippen LogP contribution in [-0.2, 0) is 6.54 Å². The predicted octanol–water partition coefficient (Wildman–Crippen LogP) is 4.11. The number of hydrogen-bond donors (Lipinski definition) is 1. The number of H-pyrrole nitrogens is 1. The molecule has 0 fully saturated rings. The third-order valence-electron chi connectivity index (χ3n) is 4.92. The summed E-state index contributed by atoms with van der Waals surface area (Å²) in [4.78, 5) is 32.7. The van der Waals surface area contributed by atoms with Gasteiger partial charge < -0.3 is 9.51 Å². The Labute approximate surface area is 180 Å². The van der Waals surface area contributed by atoms with Crippen molar-refractivity contribution in [3.05, 3.63) is 104 Å². The van der Waals surface area contributed by atoms with Crippen molar-refractivity contribution in [3.8, 4) is 22.8 Å². The first-order valence-corrected chi connectivity index (χ1v) is 9.87. The van der Waals surface area contributed by atoms with Gasteiger partial charge in [0.15, 0.2) is 0 Å². The van der Waals surface area contributed by atoms with Gasteiger partial charge in [-0.2, -0.15) is 4.98 Å². The van der Waals surface area contributed by atoms with Crippen molar-refractivity contribution in [2.45, 2.75) is 6.54 Å². The lowest BCUT2D eigenvalue weighted by Gasteiger charge is -2.07. The van der Waals surface area contributed by atoms with Crippen molar-refractivity contribution in [2.24, 2.45) is 0 Å². The zero-order chi connectivity index (χ0) is 21.4. The molecule has 8 heteroatoms. The number of halogens is 1. The van der Waals surface area contributed by atoms with Crippen molar-refractivity contribution >= 4 is 22.5 Å². The minimum atomic E-state index is -0.483. The summed E-state index contributed by atoms with van der Waals surface area (Å²) in [6, 6.07) is 21.5. The largest absolute Gasteiger partial charge is 0.334 e. The third-order valence-corrected chi connectivity index (χ3v) is 5.16. The average molecular weight is 431 g/mol. The Morgan fingerprint density at radius 2 is 1.77 bits per heavy atom. The van der Waals surface area contributed by atoms with Crippen molar-refractivity contribution in [1.29, 1.82) is 0 Å². The highest BCUT2D eigenvalue weighted by Crippen LogP contribution is 2.25. The van der Waals surface area contributed by atoms with E-state index in [-0.39, 0.29) is 18.0 Å². The van der Waals surface area contributed by atoms with Crippen LogP contribution >= 0.6 is 11.6 Å². The first kappa shape index (κ1) is 19.0. The molecule has 1 N–H and O–H groups in total. The monoisotopic (exact) mass is 430 g/mol. The molecule has 0 spiro atoms. The summed E-state index contributed by atoms with van der Waals surface area (Å²) in [5, 5.41) is 4.96. The van der Waals surface area contributed by atoms with Crippen LogP contribution in [0.25, 0.3) is 33.7 Å². The summed E-state index contributed by atoms with van der Waals surface area (Å²) in [5.74, 6) is 0.663. The number of aromatic nitrogens is 4. The number of hydrogen-bond acceptors (Lipinski definition) is 5. The summed E-state index contributed by atoms with van der Waals surface area (Å²) in [7, 11) is 0. The van der Waals surface area contributed by atoms with E-state index in [9.17, 15) is 9.59 Å². The van der Waals surface area contributed by atoms with Gasteiger partial charge in [0.25, 0.3) is 11.4 Å². The molecule has 152 valence electrons. The van der Waals surface area contributed by atoms with E-state index in [2.05, 4.69) is 15.1 Å². The van der Waals surface area contributed by atoms with Gasteiger partial charge in [-0.3, -0.25) is 9.36 Å². The van der Waals surface area contributed by atoms with E-state index in [0.29, 0.717) is 27.3 Å². The molecule has 0 aliphatic rings. The van der Waals surface area contributed by atoms with Gasteiger partial charge in [-0.15, -0.1) is 0 Å². The highest BCUT2D eigenvalue weighted by atomic mass is 35.5. The maximum Gasteiger partial charge on any atom is 0.329 e. The van der Waals surface area contributed by atoms with Crippen molar-refractivity contribution in [3.63, 3.8) is 0 Å². The van der Waals surface area contributed by atoms with Crippen LogP contribution in [0.5, 0.6) is 0 Å². The van der Waals surface area contributed by atoms with Gasteiger partial charge in [-0.1, -0.05) is 59.2 Å². The number of rotatable bonds is 4. The molecule has 0 saturated heterocycles. The highest BCUT2D eigenvalue weighted by molar-refractivity contribution is 6.30. The van der Waals surface area contributed by atoms with Crippen LogP contribution in [0, 0.1) is 0 Å². The zero-order valence-corrected chi connectivity index (χ0v) is 16.8. The Balaban J connectivity index is 1.53. The molecule has 5 aromatic rings. The normalized spacial score (nSPS) is 11.1. The summed E-state index contributed by atoms with van der Waals surface area (Å²) in [6.45, 7) is 0.194. The van der Waals surface area contributed by atoms with Gasteiger partial charge in [0.2, 0.25) is 5.82 Å². The molecule has 5 rings (SSSR count). The van der Waals surface area contributed by atoms with Crippen molar-refractivity contribution in [1.82, 2.24) is 19.7 Å². The number of nitrogens with one attached hydrogen (secondary N) is 1. The van der Waals surface area contributed by atoms with Crippen LogP contribution in [0.2, 0.25) is 5.02 Å². The highest BCUT2D eigenvalue weighted by Gasteiger charge is 2.14. The van der Waals surface area contributed by atoms with Crippen LogP contribution < -0.4 is 11.2 Å². The van der Waals surface area contributed by atoms with Crippen molar-refractivity contribution < 1.29 is 4.52 Å². The van der Waals surface area contributed by atoms with Gasteiger partial charge >= 0.3 is 5.69 Å². The van der Waals surface area contributed by atoms with Crippen LogP contribution in [-0.4, -0.2) is 19.7 Å². The third kappa shape index (κ3) is 3.67. The Morgan fingerprint density at radius 1 is 0.935 bits per heavy atom. The molecular formula is C23H15ClN4O3. The number of nitrogens with zero attached hydrogens (tertiary/aromatic N) is 3. The summed E-state index contributed by atoms with van der Waals surface area (Å²) >= 11 is 6.03.